The lowest BCUT2D eigenvalue weighted by molar-refractivity contribution is 0.0963. The largest absolute Gasteiger partial charge is 0.355 e. The van der Waals surface area contributed by atoms with Crippen molar-refractivity contribution in [2.45, 2.75) is 0 Å². The zero-order valence-electron chi connectivity index (χ0n) is 10.7. The van der Waals surface area contributed by atoms with E-state index in [2.05, 4.69) is 10.3 Å². The summed E-state index contributed by atoms with van der Waals surface area (Å²) >= 11 is 1.41. The molecule has 0 fully saturated rings. The number of carbonyl (C=O) groups is 1. The van der Waals surface area contributed by atoms with E-state index in [4.69, 9.17) is 0 Å². The van der Waals surface area contributed by atoms with Gasteiger partial charge in [0.15, 0.2) is 0 Å². The van der Waals surface area contributed by atoms with E-state index >= 15 is 0 Å². The number of carbonyl (C=O) groups excluding carboxylic acids is 1. The summed E-state index contributed by atoms with van der Waals surface area (Å²) < 4.78 is 15.0. The molecule has 5 heteroatoms. The van der Waals surface area contributed by atoms with E-state index in [0.717, 1.165) is 10.2 Å². The molecule has 0 bridgehead atoms. The molecule has 3 nitrogen and oxygen atoms in total. The maximum atomic E-state index is 14.0. The third kappa shape index (κ3) is 2.16. The first-order valence-corrected chi connectivity index (χ1v) is 6.88. The molecular formula is C15H11FN2OS. The van der Waals surface area contributed by atoms with Gasteiger partial charge in [0, 0.05) is 18.2 Å². The van der Waals surface area contributed by atoms with Crippen molar-refractivity contribution < 1.29 is 9.18 Å². The average molecular weight is 286 g/mol. The number of thiazole rings is 1. The molecule has 0 saturated carbocycles. The first kappa shape index (κ1) is 12.7. The quantitative estimate of drug-likeness (QED) is 0.784. The van der Waals surface area contributed by atoms with E-state index in [1.807, 2.05) is 24.3 Å². The summed E-state index contributed by atoms with van der Waals surface area (Å²) in [5.74, 6) is -0.621. The van der Waals surface area contributed by atoms with Crippen molar-refractivity contribution in [3.8, 4) is 10.6 Å². The topological polar surface area (TPSA) is 42.0 Å². The monoisotopic (exact) mass is 286 g/mol. The Morgan fingerprint density at radius 2 is 2.05 bits per heavy atom. The fraction of sp³-hybridized carbons (Fsp3) is 0.0667. The smallest absolute Gasteiger partial charge is 0.251 e. The van der Waals surface area contributed by atoms with Crippen LogP contribution < -0.4 is 5.32 Å². The Morgan fingerprint density at radius 3 is 2.80 bits per heavy atom. The molecule has 1 heterocycles. The molecule has 1 aromatic heterocycles. The highest BCUT2D eigenvalue weighted by atomic mass is 32.1. The number of aromatic nitrogens is 1. The molecule has 0 aliphatic heterocycles. The van der Waals surface area contributed by atoms with Crippen molar-refractivity contribution in [2.24, 2.45) is 0 Å². The molecule has 3 rings (SSSR count). The lowest BCUT2D eigenvalue weighted by atomic mass is 10.1. The first-order chi connectivity index (χ1) is 9.69. The van der Waals surface area contributed by atoms with E-state index < -0.39 is 0 Å². The minimum absolute atomic E-state index is 0.243. The Balaban J connectivity index is 2.15. The Kier molecular flexibility index (Phi) is 3.20. The summed E-state index contributed by atoms with van der Waals surface area (Å²) in [5, 5.41) is 3.11. The molecule has 0 aliphatic rings. The molecule has 20 heavy (non-hydrogen) atoms. The maximum absolute atomic E-state index is 14.0. The van der Waals surface area contributed by atoms with Crippen LogP contribution in [0.15, 0.2) is 42.5 Å². The number of amides is 1. The number of para-hydroxylation sites is 1. The van der Waals surface area contributed by atoms with Gasteiger partial charge in [0.05, 0.1) is 10.2 Å². The normalized spacial score (nSPS) is 10.7. The molecule has 0 spiro atoms. The fourth-order valence-corrected chi connectivity index (χ4v) is 2.95. The van der Waals surface area contributed by atoms with Gasteiger partial charge in [0.25, 0.3) is 5.91 Å². The van der Waals surface area contributed by atoms with Crippen molar-refractivity contribution in [3.63, 3.8) is 0 Å². The van der Waals surface area contributed by atoms with Crippen LogP contribution in [0.3, 0.4) is 0 Å². The Bertz CT molecular complexity index is 764. The van der Waals surface area contributed by atoms with Crippen molar-refractivity contribution in [1.29, 1.82) is 0 Å². The van der Waals surface area contributed by atoms with Crippen LogP contribution in [0.2, 0.25) is 0 Å². The number of nitrogens with zero attached hydrogens (tertiary/aromatic N) is 1. The van der Waals surface area contributed by atoms with E-state index in [1.54, 1.807) is 7.05 Å². The molecule has 0 unspecified atom stereocenters. The van der Waals surface area contributed by atoms with Crippen LogP contribution in [0.1, 0.15) is 10.4 Å². The second-order valence-electron chi connectivity index (χ2n) is 4.26. The predicted molar refractivity (Wildman–Crippen MR) is 78.4 cm³/mol. The van der Waals surface area contributed by atoms with Crippen LogP contribution in [0.25, 0.3) is 20.8 Å². The van der Waals surface area contributed by atoms with Gasteiger partial charge in [0.2, 0.25) is 0 Å². The Hall–Kier alpha value is -2.27. The fourth-order valence-electron chi connectivity index (χ4n) is 1.96. The van der Waals surface area contributed by atoms with Crippen molar-refractivity contribution in [3.05, 3.63) is 53.8 Å². The number of benzene rings is 2. The summed E-state index contributed by atoms with van der Waals surface area (Å²) in [7, 11) is 1.54. The standard InChI is InChI=1S/C15H11FN2OS/c1-17-14(19)9-6-7-11(16)10(8-9)15-18-12-4-2-3-5-13(12)20-15/h2-8H,1H3,(H,17,19). The van der Waals surface area contributed by atoms with Gasteiger partial charge in [-0.15, -0.1) is 11.3 Å². The highest BCUT2D eigenvalue weighted by Crippen LogP contribution is 2.32. The second-order valence-corrected chi connectivity index (χ2v) is 5.29. The lowest BCUT2D eigenvalue weighted by Crippen LogP contribution is -2.17. The van der Waals surface area contributed by atoms with E-state index in [-0.39, 0.29) is 11.7 Å². The molecule has 0 saturated heterocycles. The summed E-state index contributed by atoms with van der Waals surface area (Å²) in [6, 6.07) is 11.9. The summed E-state index contributed by atoms with van der Waals surface area (Å²) in [4.78, 5) is 16.0. The summed E-state index contributed by atoms with van der Waals surface area (Å²) in [6.45, 7) is 0. The molecular weight excluding hydrogens is 275 g/mol. The number of halogens is 1. The maximum Gasteiger partial charge on any atom is 0.251 e. The molecule has 3 aromatic rings. The predicted octanol–water partition coefficient (Wildman–Crippen LogP) is 3.46. The molecule has 100 valence electrons. The van der Waals surface area contributed by atoms with Crippen molar-refractivity contribution in [1.82, 2.24) is 10.3 Å². The van der Waals surface area contributed by atoms with Gasteiger partial charge >= 0.3 is 0 Å². The molecule has 2 aromatic carbocycles. The number of nitrogens with one attached hydrogen (secondary N) is 1. The SMILES string of the molecule is CNC(=O)c1ccc(F)c(-c2nc3ccccc3s2)c1. The van der Waals surface area contributed by atoms with Gasteiger partial charge in [-0.2, -0.15) is 0 Å². The zero-order chi connectivity index (χ0) is 14.1. The van der Waals surface area contributed by atoms with E-state index in [9.17, 15) is 9.18 Å². The highest BCUT2D eigenvalue weighted by molar-refractivity contribution is 7.21. The number of fused-ring (bicyclic) bond motifs is 1. The van der Waals surface area contributed by atoms with Crippen LogP contribution in [-0.2, 0) is 0 Å². The zero-order valence-corrected chi connectivity index (χ0v) is 11.5. The molecule has 0 aliphatic carbocycles. The minimum atomic E-state index is -0.378. The highest BCUT2D eigenvalue weighted by Gasteiger charge is 2.13. The van der Waals surface area contributed by atoms with Crippen molar-refractivity contribution >= 4 is 27.5 Å². The molecule has 0 radical (unpaired) electrons. The van der Waals surface area contributed by atoms with Crippen LogP contribution in [0.4, 0.5) is 4.39 Å². The van der Waals surface area contributed by atoms with Gasteiger partial charge in [-0.25, -0.2) is 9.37 Å². The first-order valence-electron chi connectivity index (χ1n) is 6.06. The average Bonchev–Trinajstić information content (AvgIpc) is 2.90. The molecule has 1 N–H and O–H groups in total. The third-order valence-electron chi connectivity index (χ3n) is 2.98. The Morgan fingerprint density at radius 1 is 1.25 bits per heavy atom. The van der Waals surface area contributed by atoms with Gasteiger partial charge in [-0.05, 0) is 30.3 Å². The number of rotatable bonds is 2. The third-order valence-corrected chi connectivity index (χ3v) is 4.05. The molecule has 0 atom stereocenters. The Labute approximate surface area is 119 Å². The second kappa shape index (κ2) is 5.02. The van der Waals surface area contributed by atoms with Crippen LogP contribution in [0, 0.1) is 5.82 Å². The lowest BCUT2D eigenvalue weighted by Gasteiger charge is -2.03. The van der Waals surface area contributed by atoms with Crippen LogP contribution in [0.5, 0.6) is 0 Å². The van der Waals surface area contributed by atoms with Gasteiger partial charge in [-0.1, -0.05) is 12.1 Å². The number of hydrogen-bond acceptors (Lipinski definition) is 3. The minimum Gasteiger partial charge on any atom is -0.355 e. The molecule has 1 amide bonds. The van der Waals surface area contributed by atoms with E-state index in [1.165, 1.54) is 29.5 Å². The van der Waals surface area contributed by atoms with Gasteiger partial charge in [0.1, 0.15) is 10.8 Å². The van der Waals surface area contributed by atoms with Crippen LogP contribution >= 0.6 is 11.3 Å². The van der Waals surface area contributed by atoms with E-state index in [0.29, 0.717) is 16.1 Å². The van der Waals surface area contributed by atoms with Crippen LogP contribution in [-0.4, -0.2) is 17.9 Å². The van der Waals surface area contributed by atoms with Gasteiger partial charge in [-0.3, -0.25) is 4.79 Å². The van der Waals surface area contributed by atoms with Gasteiger partial charge < -0.3 is 5.32 Å². The van der Waals surface area contributed by atoms with Crippen molar-refractivity contribution in [2.75, 3.05) is 7.05 Å². The summed E-state index contributed by atoms with van der Waals surface area (Å²) in [6.07, 6.45) is 0. The number of hydrogen-bond donors (Lipinski definition) is 1. The summed E-state index contributed by atoms with van der Waals surface area (Å²) in [5.41, 5.74) is 1.60.